The summed E-state index contributed by atoms with van der Waals surface area (Å²) >= 11 is 0. The van der Waals surface area contributed by atoms with Crippen LogP contribution in [0.5, 0.6) is 34.5 Å². The summed E-state index contributed by atoms with van der Waals surface area (Å²) in [4.78, 5) is 73.9. The van der Waals surface area contributed by atoms with Gasteiger partial charge in [0.1, 0.15) is 34.5 Å². The maximum Gasteiger partial charge on any atom is 0.271 e. The van der Waals surface area contributed by atoms with Crippen molar-refractivity contribution in [3.63, 3.8) is 0 Å². The molecule has 448 valence electrons. The Morgan fingerprint density at radius 1 is 0.239 bits per heavy atom. The SMILES string of the molecule is CO.CO.O=C(N/N=C/c1c(O)c(/C=N/NC(=O)c2ccccc2)c(O)c(/C=N/NC(=O)c2ccccc2)c1O)c1ccccc1.O=C(N/N=C/c1c(O)c(/C=N/NC(=O)c2ccccc2)c(O)c(/C=N/NC(=O)c2ccccc2)c1O)c1ccccc1. The lowest BCUT2D eigenvalue weighted by Gasteiger charge is -2.12. The zero-order chi connectivity index (χ0) is 63.8. The Kier molecular flexibility index (Phi) is 26.1. The quantitative estimate of drug-likeness (QED) is 0.0378. The fourth-order valence-corrected chi connectivity index (χ4v) is 7.13. The zero-order valence-corrected chi connectivity index (χ0v) is 46.5. The van der Waals surface area contributed by atoms with Gasteiger partial charge in [-0.25, -0.2) is 32.6 Å². The van der Waals surface area contributed by atoms with Gasteiger partial charge in [-0.3, -0.25) is 28.8 Å². The van der Waals surface area contributed by atoms with Crippen molar-refractivity contribution in [2.24, 2.45) is 30.6 Å². The maximum absolute atomic E-state index is 12.3. The van der Waals surface area contributed by atoms with Crippen LogP contribution in [0.25, 0.3) is 0 Å². The van der Waals surface area contributed by atoms with Crippen molar-refractivity contribution in [3.05, 3.63) is 249 Å². The highest BCUT2D eigenvalue weighted by molar-refractivity contribution is 6.07. The molecule has 0 saturated carbocycles. The molecule has 0 fully saturated rings. The number of carbonyl (C=O) groups excluding carboxylic acids is 6. The monoisotopic (exact) mass is 1190 g/mol. The van der Waals surface area contributed by atoms with Gasteiger partial charge in [0.2, 0.25) is 0 Å². The lowest BCUT2D eigenvalue weighted by molar-refractivity contribution is 0.0947. The molecule has 8 rings (SSSR count). The van der Waals surface area contributed by atoms with Gasteiger partial charge >= 0.3 is 0 Å². The number of hydrogen-bond acceptors (Lipinski definition) is 20. The fourth-order valence-electron chi connectivity index (χ4n) is 7.13. The standard InChI is InChI=1S/2C30H24N6O6.2CH4O/c2*37-25-22(16-31-34-28(40)19-10-4-1-5-11-19)26(38)24(18-33-36-30(42)21-14-8-3-9-15-21)27(39)23(25)17-32-35-29(41)20-12-6-2-7-13-20;2*1-2/h2*1-18,37-39H,(H,34,40)(H,35,41)(H,36,42);2*2H,1H3/b2*31-16+,32-17+,33-18+;;. The number of amides is 6. The number of hydrazone groups is 6. The number of aliphatic hydroxyl groups excluding tert-OH is 2. The van der Waals surface area contributed by atoms with E-state index in [0.717, 1.165) is 51.5 Å². The van der Waals surface area contributed by atoms with Crippen LogP contribution in [0.1, 0.15) is 95.5 Å². The van der Waals surface area contributed by atoms with Crippen LogP contribution < -0.4 is 32.6 Å². The second-order valence-corrected chi connectivity index (χ2v) is 17.0. The van der Waals surface area contributed by atoms with Crippen molar-refractivity contribution in [3.8, 4) is 34.5 Å². The molecule has 6 amide bonds. The van der Waals surface area contributed by atoms with Gasteiger partial charge in [-0.15, -0.1) is 0 Å². The number of aliphatic hydroxyl groups is 2. The summed E-state index contributed by atoms with van der Waals surface area (Å²) in [6.07, 6.45) is 5.69. The van der Waals surface area contributed by atoms with E-state index in [2.05, 4.69) is 63.2 Å². The second kappa shape index (κ2) is 34.7. The number of benzene rings is 8. The first kappa shape index (κ1) is 66.1. The van der Waals surface area contributed by atoms with Crippen molar-refractivity contribution in [2.75, 3.05) is 14.2 Å². The van der Waals surface area contributed by atoms with Crippen LogP contribution in [-0.2, 0) is 0 Å². The van der Waals surface area contributed by atoms with Gasteiger partial charge in [0.15, 0.2) is 0 Å². The maximum atomic E-state index is 12.3. The molecule has 8 aromatic rings. The molecule has 26 nitrogen and oxygen atoms in total. The molecule has 14 N–H and O–H groups in total. The Bertz CT molecular complexity index is 3170. The predicted molar refractivity (Wildman–Crippen MR) is 328 cm³/mol. The topological polar surface area (TPSA) is 411 Å². The number of aromatic hydroxyl groups is 6. The Morgan fingerprint density at radius 3 is 0.466 bits per heavy atom. The molecule has 0 heterocycles. The summed E-state index contributed by atoms with van der Waals surface area (Å²) in [5.74, 6) is -7.38. The largest absolute Gasteiger partial charge is 0.506 e. The van der Waals surface area contributed by atoms with E-state index in [4.69, 9.17) is 10.2 Å². The van der Waals surface area contributed by atoms with E-state index in [1.54, 1.807) is 182 Å². The van der Waals surface area contributed by atoms with Crippen LogP contribution in [0.3, 0.4) is 0 Å². The van der Waals surface area contributed by atoms with E-state index in [1.165, 1.54) is 0 Å². The van der Waals surface area contributed by atoms with Crippen LogP contribution in [0.2, 0.25) is 0 Å². The van der Waals surface area contributed by atoms with Gasteiger partial charge in [0.25, 0.3) is 35.4 Å². The summed E-state index contributed by atoms with van der Waals surface area (Å²) in [5.41, 5.74) is 13.6. The van der Waals surface area contributed by atoms with E-state index in [-0.39, 0.29) is 33.4 Å². The number of phenols is 6. The average molecular weight is 1190 g/mol. The minimum atomic E-state index is -0.675. The molecule has 0 spiro atoms. The fraction of sp³-hybridized carbons (Fsp3) is 0.0323. The van der Waals surface area contributed by atoms with Gasteiger partial charge in [-0.2, -0.15) is 30.6 Å². The molecule has 8 aromatic carbocycles. The molecule has 0 saturated heterocycles. The Hall–Kier alpha value is -12.7. The summed E-state index contributed by atoms with van der Waals surface area (Å²) in [5, 5.41) is 102. The number of hydrogen-bond donors (Lipinski definition) is 14. The molecular formula is C62H56N12O14. The molecule has 0 atom stereocenters. The molecule has 26 heteroatoms. The summed E-state index contributed by atoms with van der Waals surface area (Å²) in [7, 11) is 2.00. The first-order valence-electron chi connectivity index (χ1n) is 25.5. The van der Waals surface area contributed by atoms with Crippen LogP contribution in [-0.4, -0.2) is 128 Å². The van der Waals surface area contributed by atoms with Gasteiger partial charge in [-0.05, 0) is 72.8 Å². The van der Waals surface area contributed by atoms with Crippen LogP contribution >= 0.6 is 0 Å². The molecule has 0 aromatic heterocycles. The Labute approximate surface area is 501 Å². The molecule has 0 radical (unpaired) electrons. The van der Waals surface area contributed by atoms with Crippen molar-refractivity contribution in [1.29, 1.82) is 0 Å². The minimum Gasteiger partial charge on any atom is -0.506 e. The number of nitrogens with zero attached hydrogens (tertiary/aromatic N) is 6. The number of nitrogens with one attached hydrogen (secondary N) is 6. The Balaban J connectivity index is 0.000000304. The highest BCUT2D eigenvalue weighted by Gasteiger charge is 2.24. The third-order valence-electron chi connectivity index (χ3n) is 11.4. The molecular weight excluding hydrogens is 1140 g/mol. The van der Waals surface area contributed by atoms with Gasteiger partial charge in [-0.1, -0.05) is 109 Å². The second-order valence-electron chi connectivity index (χ2n) is 17.0. The normalized spacial score (nSPS) is 10.8. The third-order valence-corrected chi connectivity index (χ3v) is 11.4. The zero-order valence-electron chi connectivity index (χ0n) is 46.5. The van der Waals surface area contributed by atoms with Crippen LogP contribution in [0.4, 0.5) is 0 Å². The first-order valence-corrected chi connectivity index (χ1v) is 25.5. The average Bonchev–Trinajstić information content (AvgIpc) is 1.60. The highest BCUT2D eigenvalue weighted by Crippen LogP contribution is 2.40. The number of rotatable bonds is 18. The van der Waals surface area contributed by atoms with E-state index >= 15 is 0 Å². The summed E-state index contributed by atoms with van der Waals surface area (Å²) in [6.45, 7) is 0. The molecule has 0 bridgehead atoms. The lowest BCUT2D eigenvalue weighted by Crippen LogP contribution is -2.18. The van der Waals surface area contributed by atoms with Gasteiger partial charge in [0.05, 0.1) is 70.7 Å². The van der Waals surface area contributed by atoms with Gasteiger partial charge < -0.3 is 40.9 Å². The van der Waals surface area contributed by atoms with Crippen LogP contribution in [0, 0.1) is 0 Å². The molecule has 0 aliphatic carbocycles. The smallest absolute Gasteiger partial charge is 0.271 e. The predicted octanol–water partition coefficient (Wildman–Crippen LogP) is 5.41. The molecule has 88 heavy (non-hydrogen) atoms. The lowest BCUT2D eigenvalue weighted by atomic mass is 10.0. The molecule has 0 unspecified atom stereocenters. The number of phenolic OH excluding ortho intramolecular Hbond substituents is 6. The summed E-state index contributed by atoms with van der Waals surface area (Å²) in [6, 6.07) is 49.2. The van der Waals surface area contributed by atoms with E-state index < -0.39 is 69.9 Å². The number of carbonyl (C=O) groups is 6. The van der Waals surface area contributed by atoms with Crippen molar-refractivity contribution >= 4 is 72.7 Å². The van der Waals surface area contributed by atoms with E-state index in [1.807, 2.05) is 0 Å². The third kappa shape index (κ3) is 18.7. The van der Waals surface area contributed by atoms with Crippen molar-refractivity contribution < 1.29 is 69.6 Å². The summed E-state index contributed by atoms with van der Waals surface area (Å²) < 4.78 is 0. The minimum absolute atomic E-state index is 0.317. The van der Waals surface area contributed by atoms with Gasteiger partial charge in [0, 0.05) is 47.6 Å². The van der Waals surface area contributed by atoms with Crippen molar-refractivity contribution in [2.45, 2.75) is 0 Å². The molecule has 0 aliphatic rings. The van der Waals surface area contributed by atoms with Crippen LogP contribution in [0.15, 0.2) is 213 Å². The first-order chi connectivity index (χ1) is 42.7. The Morgan fingerprint density at radius 2 is 0.352 bits per heavy atom. The van der Waals surface area contributed by atoms with Crippen molar-refractivity contribution in [1.82, 2.24) is 32.6 Å². The highest BCUT2D eigenvalue weighted by atomic mass is 16.3. The molecule has 0 aliphatic heterocycles. The van der Waals surface area contributed by atoms with E-state index in [0.29, 0.717) is 33.4 Å². The van der Waals surface area contributed by atoms with E-state index in [9.17, 15) is 59.4 Å².